The minimum Gasteiger partial charge on any atom is -0.382 e. The number of nitrogens with one attached hydrogen (secondary N) is 1. The fraction of sp³-hybridized carbons (Fsp3) is 0.536. The van der Waals surface area contributed by atoms with Gasteiger partial charge in [-0.25, -0.2) is 0 Å². The molecule has 1 amide bonds. The molecule has 2 fully saturated rings. The molecule has 2 aromatic carbocycles. The number of carbonyl (C=O) groups excluding carboxylic acids is 1. The van der Waals surface area contributed by atoms with E-state index in [0.717, 1.165) is 23.9 Å². The average Bonchev–Trinajstić information content (AvgIpc) is 2.93. The number of anilines is 2. The fourth-order valence-electron chi connectivity index (χ4n) is 5.55. The number of nitro benzene ring substituents is 1. The molecule has 2 aromatic rings. The maximum Gasteiger partial charge on any atom is 0.423 e. The number of nitrogens with zero attached hydrogens (tertiary/aromatic N) is 3. The largest absolute Gasteiger partial charge is 0.423 e. The van der Waals surface area contributed by atoms with Gasteiger partial charge in [-0.15, -0.1) is 0 Å². The standard InChI is InChI=1S/C28H32F6N4O4/c1-17-18(2)24(10-8-22(17)27(29,30)31)36-11-13-37(14-12-36)26(39)16-42-21-6-3-19(4-7-21)35-20-5-9-25(38(40)41)23(15-20)28(32,33)34/h5,8-10,15,19,21,35H,3-4,6-7,11-14,16H2,1-2H3. The van der Waals surface area contributed by atoms with Crippen molar-refractivity contribution in [1.29, 1.82) is 0 Å². The molecule has 14 heteroatoms. The average molecular weight is 603 g/mol. The van der Waals surface area contributed by atoms with Crippen molar-refractivity contribution in [3.05, 3.63) is 62.7 Å². The summed E-state index contributed by atoms with van der Waals surface area (Å²) in [5, 5.41) is 14.0. The van der Waals surface area contributed by atoms with E-state index in [2.05, 4.69) is 5.32 Å². The molecule has 1 saturated carbocycles. The summed E-state index contributed by atoms with van der Waals surface area (Å²) >= 11 is 0. The molecule has 0 atom stereocenters. The van der Waals surface area contributed by atoms with Gasteiger partial charge < -0.3 is 19.9 Å². The number of alkyl halides is 6. The van der Waals surface area contributed by atoms with Crippen LogP contribution in [0.1, 0.15) is 47.9 Å². The van der Waals surface area contributed by atoms with Gasteiger partial charge in [-0.3, -0.25) is 14.9 Å². The Balaban J connectivity index is 1.22. The van der Waals surface area contributed by atoms with Crippen molar-refractivity contribution in [2.75, 3.05) is 43.0 Å². The summed E-state index contributed by atoms with van der Waals surface area (Å²) in [7, 11) is 0. The summed E-state index contributed by atoms with van der Waals surface area (Å²) < 4.78 is 85.3. The molecule has 1 heterocycles. The second-order valence-corrected chi connectivity index (χ2v) is 10.7. The molecule has 4 rings (SSSR count). The van der Waals surface area contributed by atoms with Crippen LogP contribution in [0.2, 0.25) is 0 Å². The third kappa shape index (κ3) is 7.26. The molecule has 1 aliphatic heterocycles. The van der Waals surface area contributed by atoms with E-state index in [4.69, 9.17) is 4.74 Å². The van der Waals surface area contributed by atoms with E-state index in [0.29, 0.717) is 57.4 Å². The van der Waals surface area contributed by atoms with Crippen molar-refractivity contribution >= 4 is 23.0 Å². The first-order chi connectivity index (χ1) is 19.6. The molecule has 230 valence electrons. The number of rotatable bonds is 7. The van der Waals surface area contributed by atoms with Crippen LogP contribution in [0.4, 0.5) is 43.4 Å². The van der Waals surface area contributed by atoms with Crippen molar-refractivity contribution in [1.82, 2.24) is 4.90 Å². The number of benzene rings is 2. The van der Waals surface area contributed by atoms with E-state index in [1.807, 2.05) is 4.90 Å². The number of carbonyl (C=O) groups is 1. The van der Waals surface area contributed by atoms with Gasteiger partial charge >= 0.3 is 12.4 Å². The van der Waals surface area contributed by atoms with Crippen molar-refractivity contribution in [3.8, 4) is 0 Å². The minimum absolute atomic E-state index is 0.113. The number of piperazine rings is 1. The minimum atomic E-state index is -4.86. The summed E-state index contributed by atoms with van der Waals surface area (Å²) in [6.45, 7) is 4.79. The summed E-state index contributed by atoms with van der Waals surface area (Å²) in [6.07, 6.45) is -7.11. The monoisotopic (exact) mass is 602 g/mol. The highest BCUT2D eigenvalue weighted by atomic mass is 19.4. The van der Waals surface area contributed by atoms with Crippen LogP contribution in [-0.4, -0.2) is 60.7 Å². The molecule has 42 heavy (non-hydrogen) atoms. The summed E-state index contributed by atoms with van der Waals surface area (Å²) in [6, 6.07) is 5.28. The topological polar surface area (TPSA) is 88.0 Å². The number of halogens is 6. The SMILES string of the molecule is Cc1c(N2CCN(C(=O)COC3CCC(Nc4ccc([N+](=O)[O-])c(C(F)(F)F)c4)CC3)CC2)ccc(C(F)(F)F)c1C. The lowest BCUT2D eigenvalue weighted by Crippen LogP contribution is -2.50. The van der Waals surface area contributed by atoms with E-state index in [-0.39, 0.29) is 35.9 Å². The van der Waals surface area contributed by atoms with Crippen LogP contribution in [0.15, 0.2) is 30.3 Å². The quantitative estimate of drug-likeness (QED) is 0.226. The maximum absolute atomic E-state index is 13.3. The predicted octanol–water partition coefficient (Wildman–Crippen LogP) is 6.34. The maximum atomic E-state index is 13.3. The zero-order valence-corrected chi connectivity index (χ0v) is 23.1. The number of amides is 1. The Kier molecular flexibility index (Phi) is 9.24. The van der Waals surface area contributed by atoms with Crippen LogP contribution in [-0.2, 0) is 21.9 Å². The molecule has 1 N–H and O–H groups in total. The van der Waals surface area contributed by atoms with Gasteiger partial charge in [-0.2, -0.15) is 26.3 Å². The van der Waals surface area contributed by atoms with Crippen LogP contribution < -0.4 is 10.2 Å². The summed E-state index contributed by atoms with van der Waals surface area (Å²) in [4.78, 5) is 26.3. The van der Waals surface area contributed by atoms with Crippen LogP contribution >= 0.6 is 0 Å². The lowest BCUT2D eigenvalue weighted by Gasteiger charge is -2.37. The van der Waals surface area contributed by atoms with Gasteiger partial charge in [-0.1, -0.05) is 0 Å². The molecular weight excluding hydrogens is 570 g/mol. The van der Waals surface area contributed by atoms with E-state index >= 15 is 0 Å². The van der Waals surface area contributed by atoms with E-state index < -0.39 is 34.1 Å². The number of hydrogen-bond donors (Lipinski definition) is 1. The molecule has 1 saturated heterocycles. The van der Waals surface area contributed by atoms with E-state index in [1.54, 1.807) is 11.8 Å². The molecule has 0 radical (unpaired) electrons. The number of ether oxygens (including phenoxy) is 1. The summed E-state index contributed by atoms with van der Waals surface area (Å²) in [5.74, 6) is -0.180. The van der Waals surface area contributed by atoms with E-state index in [1.165, 1.54) is 19.1 Å². The molecule has 0 unspecified atom stereocenters. The fourth-order valence-corrected chi connectivity index (χ4v) is 5.55. The van der Waals surface area contributed by atoms with Gasteiger partial charge in [-0.05, 0) is 74.9 Å². The molecular formula is C28H32F6N4O4. The van der Waals surface area contributed by atoms with Gasteiger partial charge in [0.25, 0.3) is 5.69 Å². The molecule has 0 aromatic heterocycles. The molecule has 8 nitrogen and oxygen atoms in total. The van der Waals surface area contributed by atoms with E-state index in [9.17, 15) is 41.3 Å². The van der Waals surface area contributed by atoms with Gasteiger partial charge in [0, 0.05) is 49.7 Å². The molecule has 0 spiro atoms. The van der Waals surface area contributed by atoms with Crippen molar-refractivity contribution in [3.63, 3.8) is 0 Å². The first kappa shape index (κ1) is 31.4. The van der Waals surface area contributed by atoms with Crippen LogP contribution in [0.3, 0.4) is 0 Å². The van der Waals surface area contributed by atoms with Crippen LogP contribution in [0, 0.1) is 24.0 Å². The van der Waals surface area contributed by atoms with Crippen molar-refractivity contribution in [2.24, 2.45) is 0 Å². The van der Waals surface area contributed by atoms with Gasteiger partial charge in [0.15, 0.2) is 0 Å². The second-order valence-electron chi connectivity index (χ2n) is 10.7. The lowest BCUT2D eigenvalue weighted by atomic mass is 9.92. The number of hydrogen-bond acceptors (Lipinski definition) is 6. The van der Waals surface area contributed by atoms with Crippen LogP contribution in [0.25, 0.3) is 0 Å². The zero-order valence-electron chi connectivity index (χ0n) is 23.1. The lowest BCUT2D eigenvalue weighted by molar-refractivity contribution is -0.388. The molecule has 1 aliphatic carbocycles. The summed E-state index contributed by atoms with van der Waals surface area (Å²) in [5.41, 5.74) is -1.34. The molecule has 2 aliphatic rings. The first-order valence-electron chi connectivity index (χ1n) is 13.6. The van der Waals surface area contributed by atoms with Gasteiger partial charge in [0.1, 0.15) is 12.2 Å². The highest BCUT2D eigenvalue weighted by molar-refractivity contribution is 5.78. The Labute approximate surface area is 238 Å². The second kappa shape index (κ2) is 12.4. The Morgan fingerprint density at radius 1 is 0.929 bits per heavy atom. The Bertz CT molecular complexity index is 1300. The highest BCUT2D eigenvalue weighted by Crippen LogP contribution is 2.39. The normalized spacial score (nSPS) is 20.0. The number of nitro groups is 1. The van der Waals surface area contributed by atoms with Crippen molar-refractivity contribution < 1.29 is 40.8 Å². The third-order valence-electron chi connectivity index (χ3n) is 8.02. The Hall–Kier alpha value is -3.55. The Morgan fingerprint density at radius 2 is 1.55 bits per heavy atom. The predicted molar refractivity (Wildman–Crippen MR) is 143 cm³/mol. The van der Waals surface area contributed by atoms with Gasteiger partial charge in [0.05, 0.1) is 16.6 Å². The third-order valence-corrected chi connectivity index (χ3v) is 8.02. The van der Waals surface area contributed by atoms with Crippen molar-refractivity contribution in [2.45, 2.75) is 64.0 Å². The molecule has 0 bridgehead atoms. The smallest absolute Gasteiger partial charge is 0.382 e. The van der Waals surface area contributed by atoms with Crippen LogP contribution in [0.5, 0.6) is 0 Å². The Morgan fingerprint density at radius 3 is 2.12 bits per heavy atom. The first-order valence-corrected chi connectivity index (χ1v) is 13.6. The zero-order chi connectivity index (χ0) is 30.8. The van der Waals surface area contributed by atoms with Gasteiger partial charge in [0.2, 0.25) is 5.91 Å². The highest BCUT2D eigenvalue weighted by Gasteiger charge is 2.39.